The van der Waals surface area contributed by atoms with Crippen LogP contribution in [0.15, 0.2) is 36.9 Å². The van der Waals surface area contributed by atoms with Gasteiger partial charge in [0.25, 0.3) is 5.91 Å². The second-order valence-electron chi connectivity index (χ2n) is 5.72. The summed E-state index contributed by atoms with van der Waals surface area (Å²) in [6.07, 6.45) is 7.33. The van der Waals surface area contributed by atoms with Crippen LogP contribution in [0, 0.1) is 0 Å². The number of aromatic nitrogens is 3. The van der Waals surface area contributed by atoms with Crippen LogP contribution in [0.5, 0.6) is 5.88 Å². The van der Waals surface area contributed by atoms with Crippen molar-refractivity contribution in [2.75, 3.05) is 19.7 Å². The molecule has 2 aromatic rings. The number of hydrogen-bond donors (Lipinski definition) is 1. The Morgan fingerprint density at radius 1 is 1.33 bits per heavy atom. The second kappa shape index (κ2) is 7.83. The fourth-order valence-corrected chi connectivity index (χ4v) is 2.77. The topological polar surface area (TPSA) is 80.2 Å². The van der Waals surface area contributed by atoms with E-state index in [9.17, 15) is 4.79 Å². The first kappa shape index (κ1) is 16.3. The summed E-state index contributed by atoms with van der Waals surface area (Å²) < 4.78 is 5.35. The third kappa shape index (κ3) is 4.26. The van der Waals surface area contributed by atoms with Gasteiger partial charge in [0.2, 0.25) is 5.88 Å². The lowest BCUT2D eigenvalue weighted by atomic mass is 10.2. The number of nitrogens with zero attached hydrogens (tertiary/aromatic N) is 4. The Morgan fingerprint density at radius 3 is 2.96 bits per heavy atom. The van der Waals surface area contributed by atoms with E-state index in [1.54, 1.807) is 6.20 Å². The fraction of sp³-hybridized carbons (Fsp3) is 0.412. The summed E-state index contributed by atoms with van der Waals surface area (Å²) in [5.41, 5.74) is 1.49. The molecular formula is C17H21N5O2. The molecule has 7 nitrogen and oxygen atoms in total. The second-order valence-corrected chi connectivity index (χ2v) is 5.72. The summed E-state index contributed by atoms with van der Waals surface area (Å²) in [5.74, 6) is 0.481. The third-order valence-electron chi connectivity index (χ3n) is 3.90. The van der Waals surface area contributed by atoms with E-state index in [1.165, 1.54) is 12.4 Å². The number of amides is 1. The van der Waals surface area contributed by atoms with Crippen LogP contribution < -0.4 is 10.1 Å². The molecule has 0 radical (unpaired) electrons. The minimum Gasteiger partial charge on any atom is -0.478 e. The number of pyridine rings is 1. The Balaban J connectivity index is 1.49. The van der Waals surface area contributed by atoms with Gasteiger partial charge in [0.1, 0.15) is 5.69 Å². The number of ether oxygens (including phenoxy) is 1. The number of carbonyl (C=O) groups is 1. The van der Waals surface area contributed by atoms with Crippen molar-refractivity contribution in [1.82, 2.24) is 25.2 Å². The van der Waals surface area contributed by atoms with Gasteiger partial charge in [-0.05, 0) is 18.9 Å². The molecule has 24 heavy (non-hydrogen) atoms. The van der Waals surface area contributed by atoms with Crippen molar-refractivity contribution in [2.24, 2.45) is 0 Å². The molecule has 1 N–H and O–H groups in total. The smallest absolute Gasteiger partial charge is 0.271 e. The summed E-state index contributed by atoms with van der Waals surface area (Å²) in [4.78, 5) is 26.6. The molecule has 1 saturated heterocycles. The van der Waals surface area contributed by atoms with E-state index >= 15 is 0 Å². The van der Waals surface area contributed by atoms with Gasteiger partial charge in [-0.25, -0.2) is 9.97 Å². The summed E-state index contributed by atoms with van der Waals surface area (Å²) in [6.45, 7) is 5.13. The predicted molar refractivity (Wildman–Crippen MR) is 88.6 cm³/mol. The van der Waals surface area contributed by atoms with Crippen molar-refractivity contribution >= 4 is 5.91 Å². The van der Waals surface area contributed by atoms with Gasteiger partial charge in [0, 0.05) is 50.3 Å². The largest absolute Gasteiger partial charge is 0.478 e. The molecule has 0 aromatic carbocycles. The molecule has 1 amide bonds. The highest BCUT2D eigenvalue weighted by Gasteiger charge is 2.24. The molecule has 0 aliphatic carbocycles. The van der Waals surface area contributed by atoms with Crippen LogP contribution in [0.1, 0.15) is 29.4 Å². The van der Waals surface area contributed by atoms with Gasteiger partial charge in [-0.2, -0.15) is 0 Å². The Labute approximate surface area is 141 Å². The van der Waals surface area contributed by atoms with Crippen LogP contribution in [0.3, 0.4) is 0 Å². The Kier molecular flexibility index (Phi) is 5.32. The highest BCUT2D eigenvalue weighted by molar-refractivity contribution is 5.92. The van der Waals surface area contributed by atoms with Crippen molar-refractivity contribution in [1.29, 1.82) is 0 Å². The van der Waals surface area contributed by atoms with E-state index < -0.39 is 0 Å². The Hall–Kier alpha value is -2.54. The molecule has 7 heteroatoms. The molecule has 126 valence electrons. The van der Waals surface area contributed by atoms with Crippen molar-refractivity contribution in [3.05, 3.63) is 48.2 Å². The number of likely N-dealkylation sites (tertiary alicyclic amines) is 1. The van der Waals surface area contributed by atoms with Crippen molar-refractivity contribution < 1.29 is 9.53 Å². The summed E-state index contributed by atoms with van der Waals surface area (Å²) >= 11 is 0. The molecule has 1 aliphatic heterocycles. The lowest BCUT2D eigenvalue weighted by molar-refractivity contribution is 0.0932. The minimum absolute atomic E-state index is 0.134. The maximum Gasteiger partial charge on any atom is 0.271 e. The molecule has 0 bridgehead atoms. The van der Waals surface area contributed by atoms with Crippen LogP contribution in [0.2, 0.25) is 0 Å². The number of carbonyl (C=O) groups excluding carboxylic acids is 1. The Bertz CT molecular complexity index is 662. The van der Waals surface area contributed by atoms with Crippen LogP contribution in [0.4, 0.5) is 0 Å². The van der Waals surface area contributed by atoms with Gasteiger partial charge in [0.05, 0.1) is 12.8 Å². The van der Waals surface area contributed by atoms with Crippen molar-refractivity contribution in [2.45, 2.75) is 25.9 Å². The molecule has 1 fully saturated rings. The van der Waals surface area contributed by atoms with E-state index in [4.69, 9.17) is 4.74 Å². The molecule has 0 spiro atoms. The van der Waals surface area contributed by atoms with Gasteiger partial charge < -0.3 is 10.1 Å². The first-order valence-electron chi connectivity index (χ1n) is 8.11. The fourth-order valence-electron chi connectivity index (χ4n) is 2.77. The maximum atomic E-state index is 12.1. The van der Waals surface area contributed by atoms with Crippen LogP contribution >= 0.6 is 0 Å². The average Bonchev–Trinajstić information content (AvgIpc) is 3.04. The number of hydrogen-bond acceptors (Lipinski definition) is 6. The first-order valence-corrected chi connectivity index (χ1v) is 8.11. The highest BCUT2D eigenvalue weighted by Crippen LogP contribution is 2.15. The van der Waals surface area contributed by atoms with Gasteiger partial charge in [-0.1, -0.05) is 6.07 Å². The summed E-state index contributed by atoms with van der Waals surface area (Å²) in [5, 5.41) is 3.02. The molecule has 3 heterocycles. The van der Waals surface area contributed by atoms with Gasteiger partial charge in [0.15, 0.2) is 0 Å². The van der Waals surface area contributed by atoms with E-state index in [0.717, 1.165) is 31.6 Å². The minimum atomic E-state index is -0.169. The van der Waals surface area contributed by atoms with Crippen LogP contribution in [-0.4, -0.2) is 51.5 Å². The molecular weight excluding hydrogens is 306 g/mol. The predicted octanol–water partition coefficient (Wildman–Crippen LogP) is 1.27. The zero-order valence-corrected chi connectivity index (χ0v) is 13.7. The van der Waals surface area contributed by atoms with Crippen LogP contribution in [0.25, 0.3) is 0 Å². The highest BCUT2D eigenvalue weighted by atomic mass is 16.5. The lowest BCUT2D eigenvalue weighted by Crippen LogP contribution is -2.37. The standard InChI is InChI=1S/C17H21N5O2/c1-2-24-16-4-3-13(9-20-16)11-22-8-5-14(12-22)21-17(23)15-10-18-6-7-19-15/h3-4,6-7,9-10,14H,2,5,8,11-12H2,1H3,(H,21,23). The van der Waals surface area contributed by atoms with E-state index in [2.05, 4.69) is 25.2 Å². The van der Waals surface area contributed by atoms with E-state index in [1.807, 2.05) is 25.3 Å². The molecule has 2 aromatic heterocycles. The zero-order chi connectivity index (χ0) is 16.8. The van der Waals surface area contributed by atoms with E-state index in [-0.39, 0.29) is 11.9 Å². The monoisotopic (exact) mass is 327 g/mol. The molecule has 3 rings (SSSR count). The van der Waals surface area contributed by atoms with Crippen molar-refractivity contribution in [3.63, 3.8) is 0 Å². The Morgan fingerprint density at radius 2 is 2.25 bits per heavy atom. The summed E-state index contributed by atoms with van der Waals surface area (Å²) in [6, 6.07) is 4.06. The van der Waals surface area contributed by atoms with Gasteiger partial charge >= 0.3 is 0 Å². The maximum absolute atomic E-state index is 12.1. The lowest BCUT2D eigenvalue weighted by Gasteiger charge is -2.16. The molecule has 0 saturated carbocycles. The molecule has 1 unspecified atom stereocenters. The third-order valence-corrected chi connectivity index (χ3v) is 3.90. The average molecular weight is 327 g/mol. The summed E-state index contributed by atoms with van der Waals surface area (Å²) in [7, 11) is 0. The molecule has 1 aliphatic rings. The zero-order valence-electron chi connectivity index (χ0n) is 13.7. The quantitative estimate of drug-likeness (QED) is 0.861. The number of rotatable bonds is 6. The SMILES string of the molecule is CCOc1ccc(CN2CCC(NC(=O)c3cnccn3)C2)cn1. The van der Waals surface area contributed by atoms with Gasteiger partial charge in [-0.15, -0.1) is 0 Å². The van der Waals surface area contributed by atoms with Gasteiger partial charge in [-0.3, -0.25) is 14.7 Å². The van der Waals surface area contributed by atoms with Crippen molar-refractivity contribution in [3.8, 4) is 5.88 Å². The normalized spacial score (nSPS) is 17.6. The molecule has 1 atom stereocenters. The van der Waals surface area contributed by atoms with Crippen LogP contribution in [-0.2, 0) is 6.54 Å². The first-order chi connectivity index (χ1) is 11.7. The number of nitrogens with one attached hydrogen (secondary N) is 1. The van der Waals surface area contributed by atoms with E-state index in [0.29, 0.717) is 18.2 Å².